The van der Waals surface area contributed by atoms with Gasteiger partial charge in [0.05, 0.1) is 28.0 Å². The lowest BCUT2D eigenvalue weighted by Crippen LogP contribution is -2.05. The lowest BCUT2D eigenvalue weighted by Gasteiger charge is -2.13. The lowest BCUT2D eigenvalue weighted by atomic mass is 10.0. The monoisotopic (exact) mass is 400 g/mol. The molecule has 146 valence electrons. The first kappa shape index (κ1) is 18.3. The van der Waals surface area contributed by atoms with Gasteiger partial charge in [0.1, 0.15) is 0 Å². The summed E-state index contributed by atoms with van der Waals surface area (Å²) in [5.41, 5.74) is 2.79. The van der Waals surface area contributed by atoms with Crippen molar-refractivity contribution in [2.45, 2.75) is 6.18 Å². The molecule has 0 unspecified atom stereocenters. The van der Waals surface area contributed by atoms with Crippen LogP contribution in [-0.4, -0.2) is 9.97 Å². The van der Waals surface area contributed by atoms with E-state index in [1.807, 2.05) is 66.7 Å². The minimum Gasteiger partial charge on any atom is -0.244 e. The van der Waals surface area contributed by atoms with Gasteiger partial charge in [-0.1, -0.05) is 66.7 Å². The van der Waals surface area contributed by atoms with Gasteiger partial charge in [-0.15, -0.1) is 0 Å². The van der Waals surface area contributed by atoms with E-state index in [2.05, 4.69) is 0 Å². The molecule has 0 aliphatic carbocycles. The summed E-state index contributed by atoms with van der Waals surface area (Å²) < 4.78 is 39.9. The van der Waals surface area contributed by atoms with E-state index >= 15 is 0 Å². The van der Waals surface area contributed by atoms with E-state index in [0.717, 1.165) is 28.5 Å². The molecule has 0 aliphatic rings. The van der Waals surface area contributed by atoms with Gasteiger partial charge in [-0.2, -0.15) is 13.2 Å². The summed E-state index contributed by atoms with van der Waals surface area (Å²) in [5, 5.41) is 2.03. The maximum absolute atomic E-state index is 13.3. The third kappa shape index (κ3) is 3.28. The number of hydrogen-bond donors (Lipinski definition) is 0. The van der Waals surface area contributed by atoms with Crippen molar-refractivity contribution in [3.05, 3.63) is 96.6 Å². The third-order valence-electron chi connectivity index (χ3n) is 5.04. The maximum Gasteiger partial charge on any atom is 0.416 e. The zero-order valence-corrected chi connectivity index (χ0v) is 15.7. The Labute approximate surface area is 170 Å². The summed E-state index contributed by atoms with van der Waals surface area (Å²) in [6.45, 7) is 0. The van der Waals surface area contributed by atoms with Gasteiger partial charge in [-0.05, 0) is 35.0 Å². The van der Waals surface area contributed by atoms with Gasteiger partial charge in [0.25, 0.3) is 0 Å². The topological polar surface area (TPSA) is 25.8 Å². The van der Waals surface area contributed by atoms with Gasteiger partial charge < -0.3 is 0 Å². The molecule has 0 aliphatic heterocycles. The van der Waals surface area contributed by atoms with E-state index in [0.29, 0.717) is 28.0 Å². The predicted octanol–water partition coefficient (Wildman–Crippen LogP) is 7.14. The summed E-state index contributed by atoms with van der Waals surface area (Å²) in [7, 11) is 0. The van der Waals surface area contributed by atoms with Gasteiger partial charge >= 0.3 is 6.18 Å². The van der Waals surface area contributed by atoms with Crippen LogP contribution in [-0.2, 0) is 6.18 Å². The Balaban J connectivity index is 1.82. The normalized spacial score (nSPS) is 11.8. The Morgan fingerprint density at radius 3 is 1.67 bits per heavy atom. The molecule has 4 aromatic carbocycles. The average molecular weight is 400 g/mol. The molecule has 0 fully saturated rings. The number of hydrogen-bond acceptors (Lipinski definition) is 2. The van der Waals surface area contributed by atoms with E-state index in [1.54, 1.807) is 6.07 Å². The minimum absolute atomic E-state index is 0.381. The molecule has 5 heteroatoms. The quantitative estimate of drug-likeness (QED) is 0.294. The van der Waals surface area contributed by atoms with Crippen molar-refractivity contribution < 1.29 is 13.2 Å². The molecule has 0 N–H and O–H groups in total. The minimum atomic E-state index is -4.43. The molecule has 0 atom stereocenters. The van der Waals surface area contributed by atoms with Gasteiger partial charge in [-0.3, -0.25) is 0 Å². The number of nitrogens with zero attached hydrogens (tertiary/aromatic N) is 2. The Hall–Kier alpha value is -3.73. The first-order valence-corrected chi connectivity index (χ1v) is 9.43. The highest BCUT2D eigenvalue weighted by molar-refractivity contribution is 5.97. The number of halogens is 3. The fourth-order valence-electron chi connectivity index (χ4n) is 3.58. The maximum atomic E-state index is 13.3. The van der Waals surface area contributed by atoms with Gasteiger partial charge in [-0.25, -0.2) is 9.97 Å². The van der Waals surface area contributed by atoms with Crippen LogP contribution in [0.15, 0.2) is 91.0 Å². The van der Waals surface area contributed by atoms with E-state index in [4.69, 9.17) is 9.97 Å². The Morgan fingerprint density at radius 2 is 1.07 bits per heavy atom. The Morgan fingerprint density at radius 1 is 0.533 bits per heavy atom. The molecule has 0 amide bonds. The van der Waals surface area contributed by atoms with Crippen LogP contribution < -0.4 is 0 Å². The lowest BCUT2D eigenvalue weighted by molar-refractivity contribution is -0.137. The molecule has 30 heavy (non-hydrogen) atoms. The fraction of sp³-hybridized carbons (Fsp3) is 0.0400. The van der Waals surface area contributed by atoms with Crippen molar-refractivity contribution in [3.8, 4) is 22.5 Å². The second-order valence-corrected chi connectivity index (χ2v) is 7.05. The smallest absolute Gasteiger partial charge is 0.244 e. The standard InChI is InChI=1S/C25H15F3N2/c26-25(27,28)20-12-6-11-19(13-20)24-23(16-7-2-1-3-8-16)29-21-14-17-9-4-5-10-18(17)15-22(21)30-24/h1-15H. The molecule has 0 bridgehead atoms. The number of aromatic nitrogens is 2. The summed E-state index contributed by atoms with van der Waals surface area (Å²) in [6, 6.07) is 26.4. The highest BCUT2D eigenvalue weighted by atomic mass is 19.4. The van der Waals surface area contributed by atoms with Crippen LogP contribution >= 0.6 is 0 Å². The predicted molar refractivity (Wildman–Crippen MR) is 113 cm³/mol. The van der Waals surface area contributed by atoms with E-state index in [-0.39, 0.29) is 0 Å². The number of alkyl halides is 3. The highest BCUT2D eigenvalue weighted by Crippen LogP contribution is 2.36. The van der Waals surface area contributed by atoms with Crippen LogP contribution in [0.3, 0.4) is 0 Å². The Kier molecular flexibility index (Phi) is 4.24. The number of fused-ring (bicyclic) bond motifs is 2. The Bertz CT molecular complexity index is 1380. The molecule has 0 saturated carbocycles. The molecule has 5 aromatic rings. The molecular formula is C25H15F3N2. The van der Waals surface area contributed by atoms with Crippen molar-refractivity contribution in [2.75, 3.05) is 0 Å². The number of rotatable bonds is 2. The summed E-state index contributed by atoms with van der Waals surface area (Å²) in [5.74, 6) is 0. The third-order valence-corrected chi connectivity index (χ3v) is 5.04. The number of benzene rings is 4. The molecular weight excluding hydrogens is 385 g/mol. The summed E-state index contributed by atoms with van der Waals surface area (Å²) in [4.78, 5) is 9.59. The van der Waals surface area contributed by atoms with Crippen LogP contribution in [0.5, 0.6) is 0 Å². The van der Waals surface area contributed by atoms with Crippen LogP contribution in [0.4, 0.5) is 13.2 Å². The average Bonchev–Trinajstić information content (AvgIpc) is 2.77. The van der Waals surface area contributed by atoms with Crippen molar-refractivity contribution in [2.24, 2.45) is 0 Å². The van der Waals surface area contributed by atoms with Crippen molar-refractivity contribution in [3.63, 3.8) is 0 Å². The summed E-state index contributed by atoms with van der Waals surface area (Å²) in [6.07, 6.45) is -4.43. The van der Waals surface area contributed by atoms with E-state index in [1.165, 1.54) is 6.07 Å². The molecule has 5 rings (SSSR count). The zero-order chi connectivity index (χ0) is 20.7. The van der Waals surface area contributed by atoms with Crippen LogP contribution in [0.2, 0.25) is 0 Å². The second-order valence-electron chi connectivity index (χ2n) is 7.05. The highest BCUT2D eigenvalue weighted by Gasteiger charge is 2.30. The molecule has 0 spiro atoms. The molecule has 1 heterocycles. The SMILES string of the molecule is FC(F)(F)c1cccc(-c2nc3cc4ccccc4cc3nc2-c2ccccc2)c1. The van der Waals surface area contributed by atoms with Crippen LogP contribution in [0, 0.1) is 0 Å². The first-order valence-electron chi connectivity index (χ1n) is 9.43. The summed E-state index contributed by atoms with van der Waals surface area (Å²) >= 11 is 0. The van der Waals surface area contributed by atoms with Crippen molar-refractivity contribution >= 4 is 21.8 Å². The van der Waals surface area contributed by atoms with Crippen molar-refractivity contribution in [1.29, 1.82) is 0 Å². The van der Waals surface area contributed by atoms with Gasteiger partial charge in [0, 0.05) is 11.1 Å². The first-order chi connectivity index (χ1) is 14.5. The molecule has 0 radical (unpaired) electrons. The largest absolute Gasteiger partial charge is 0.416 e. The second kappa shape index (κ2) is 6.95. The van der Waals surface area contributed by atoms with Gasteiger partial charge in [0.2, 0.25) is 0 Å². The zero-order valence-electron chi connectivity index (χ0n) is 15.7. The van der Waals surface area contributed by atoms with Crippen molar-refractivity contribution in [1.82, 2.24) is 9.97 Å². The van der Waals surface area contributed by atoms with E-state index in [9.17, 15) is 13.2 Å². The van der Waals surface area contributed by atoms with Crippen LogP contribution in [0.1, 0.15) is 5.56 Å². The van der Waals surface area contributed by atoms with E-state index < -0.39 is 11.7 Å². The van der Waals surface area contributed by atoms with Gasteiger partial charge in [0.15, 0.2) is 0 Å². The molecule has 0 saturated heterocycles. The molecule has 1 aromatic heterocycles. The van der Waals surface area contributed by atoms with Crippen LogP contribution in [0.25, 0.3) is 44.3 Å². The molecule has 2 nitrogen and oxygen atoms in total. The fourth-order valence-corrected chi connectivity index (χ4v) is 3.58.